The molecule has 1 rings (SSSR count). The molecule has 3 N–H and O–H groups in total. The highest BCUT2D eigenvalue weighted by Gasteiger charge is 2.34. The van der Waals surface area contributed by atoms with Crippen molar-refractivity contribution in [1.82, 2.24) is 4.31 Å². The van der Waals surface area contributed by atoms with Crippen molar-refractivity contribution < 1.29 is 23.8 Å². The number of nitrogens with zero attached hydrogens (tertiary/aromatic N) is 1. The molecular formula is C9H14BrNO5S. The normalized spacial score (nSPS) is 20.3. The minimum atomic E-state index is -3.13. The number of hydrogen-bond donors (Lipinski definition) is 3. The highest BCUT2D eigenvalue weighted by molar-refractivity contribution is 9.12. The fraction of sp³-hybridized carbons (Fsp3) is 0.556. The zero-order valence-electron chi connectivity index (χ0n) is 9.00. The van der Waals surface area contributed by atoms with E-state index in [0.29, 0.717) is 19.3 Å². The Hall–Kier alpha value is -0.570. The third kappa shape index (κ3) is 3.98. The van der Waals surface area contributed by atoms with Crippen LogP contribution in [0.5, 0.6) is 0 Å². The predicted molar refractivity (Wildman–Crippen MR) is 67.7 cm³/mol. The molecule has 0 unspecified atom stereocenters. The van der Waals surface area contributed by atoms with Gasteiger partial charge < -0.3 is 5.11 Å². The molecule has 0 spiro atoms. The first-order chi connectivity index (χ1) is 7.84. The molecule has 0 radical (unpaired) electrons. The molecule has 0 aliphatic carbocycles. The fourth-order valence-electron chi connectivity index (χ4n) is 1.44. The second-order valence-electron chi connectivity index (χ2n) is 3.64. The van der Waals surface area contributed by atoms with E-state index < -0.39 is 22.7 Å². The lowest BCUT2D eigenvalue weighted by Gasteiger charge is -2.35. The molecule has 17 heavy (non-hydrogen) atoms. The number of unbranched alkanes of at least 4 members (excludes halogenated alkanes) is 2. The van der Waals surface area contributed by atoms with Gasteiger partial charge in [0.1, 0.15) is 4.48 Å². The maximum Gasteiger partial charge on any atom is 0.303 e. The van der Waals surface area contributed by atoms with Crippen LogP contribution in [0.1, 0.15) is 25.7 Å². The van der Waals surface area contributed by atoms with E-state index in [1.807, 2.05) is 0 Å². The van der Waals surface area contributed by atoms with E-state index in [-0.39, 0.29) is 17.4 Å². The van der Waals surface area contributed by atoms with Crippen molar-refractivity contribution in [3.8, 4) is 0 Å². The van der Waals surface area contributed by atoms with Crippen molar-refractivity contribution in [3.63, 3.8) is 0 Å². The molecule has 8 heteroatoms. The van der Waals surface area contributed by atoms with Crippen LogP contribution in [0.4, 0.5) is 0 Å². The summed E-state index contributed by atoms with van der Waals surface area (Å²) in [6, 6.07) is 0. The van der Waals surface area contributed by atoms with Crippen molar-refractivity contribution in [3.05, 3.63) is 9.89 Å². The monoisotopic (exact) mass is 327 g/mol. The lowest BCUT2D eigenvalue weighted by Crippen LogP contribution is -2.29. The molecule has 0 saturated heterocycles. The van der Waals surface area contributed by atoms with Crippen LogP contribution in [-0.4, -0.2) is 36.9 Å². The summed E-state index contributed by atoms with van der Waals surface area (Å²) in [6.07, 6.45) is 1.78. The van der Waals surface area contributed by atoms with Gasteiger partial charge in [-0.1, -0.05) is 17.2 Å². The SMILES string of the molecule is O=C(O)CCCCCN1C(=O)C(Br)=CS1(O)O. The van der Waals surface area contributed by atoms with E-state index in [4.69, 9.17) is 5.11 Å². The van der Waals surface area contributed by atoms with Crippen LogP contribution in [0.15, 0.2) is 9.89 Å². The number of hydrogen-bond acceptors (Lipinski definition) is 4. The van der Waals surface area contributed by atoms with E-state index in [9.17, 15) is 18.7 Å². The van der Waals surface area contributed by atoms with Gasteiger partial charge >= 0.3 is 5.97 Å². The molecule has 0 saturated carbocycles. The summed E-state index contributed by atoms with van der Waals surface area (Å²) < 4.78 is 20.3. The minimum absolute atomic E-state index is 0.0894. The van der Waals surface area contributed by atoms with Crippen LogP contribution in [0.3, 0.4) is 0 Å². The van der Waals surface area contributed by atoms with Crippen molar-refractivity contribution in [2.24, 2.45) is 0 Å². The molecular weight excluding hydrogens is 314 g/mol. The van der Waals surface area contributed by atoms with Gasteiger partial charge in [0.25, 0.3) is 5.91 Å². The zero-order chi connectivity index (χ0) is 13.1. The average Bonchev–Trinajstić information content (AvgIpc) is 2.38. The van der Waals surface area contributed by atoms with Crippen LogP contribution in [0.2, 0.25) is 0 Å². The van der Waals surface area contributed by atoms with E-state index in [1.54, 1.807) is 0 Å². The highest BCUT2D eigenvalue weighted by atomic mass is 79.9. The van der Waals surface area contributed by atoms with Gasteiger partial charge in [0.05, 0.1) is 5.41 Å². The number of amides is 1. The highest BCUT2D eigenvalue weighted by Crippen LogP contribution is 2.52. The first kappa shape index (κ1) is 14.5. The quantitative estimate of drug-likeness (QED) is 0.650. The summed E-state index contributed by atoms with van der Waals surface area (Å²) in [5, 5.41) is 9.53. The second kappa shape index (κ2) is 5.85. The zero-order valence-corrected chi connectivity index (χ0v) is 11.4. The lowest BCUT2D eigenvalue weighted by atomic mass is 10.2. The molecule has 6 nitrogen and oxygen atoms in total. The Morgan fingerprint density at radius 1 is 1.35 bits per heavy atom. The number of carbonyl (C=O) groups is 2. The number of aliphatic carboxylic acids is 1. The van der Waals surface area contributed by atoms with Crippen LogP contribution in [0.25, 0.3) is 0 Å². The molecule has 98 valence electrons. The Morgan fingerprint density at radius 3 is 2.47 bits per heavy atom. The third-order valence-corrected chi connectivity index (χ3v) is 4.69. The number of rotatable bonds is 6. The fourth-order valence-corrected chi connectivity index (χ4v) is 3.77. The van der Waals surface area contributed by atoms with Gasteiger partial charge in [0, 0.05) is 13.0 Å². The van der Waals surface area contributed by atoms with Crippen molar-refractivity contribution in [1.29, 1.82) is 0 Å². The second-order valence-corrected chi connectivity index (χ2v) is 6.29. The van der Waals surface area contributed by atoms with Crippen LogP contribution in [0, 0.1) is 0 Å². The number of carboxylic acid groups (broad SMARTS) is 1. The van der Waals surface area contributed by atoms with Crippen LogP contribution < -0.4 is 0 Å². The Labute approximate surface area is 109 Å². The summed E-state index contributed by atoms with van der Waals surface area (Å²) in [4.78, 5) is 21.8. The van der Waals surface area contributed by atoms with Crippen LogP contribution >= 0.6 is 26.7 Å². The summed E-state index contributed by atoms with van der Waals surface area (Å²) in [5.74, 6) is -1.29. The van der Waals surface area contributed by atoms with E-state index >= 15 is 0 Å². The molecule has 1 heterocycles. The van der Waals surface area contributed by atoms with Crippen molar-refractivity contribution in [2.75, 3.05) is 6.54 Å². The Morgan fingerprint density at radius 2 is 2.00 bits per heavy atom. The van der Waals surface area contributed by atoms with Crippen molar-refractivity contribution in [2.45, 2.75) is 25.7 Å². The number of carbonyl (C=O) groups excluding carboxylic acids is 1. The molecule has 1 aliphatic heterocycles. The lowest BCUT2D eigenvalue weighted by molar-refractivity contribution is -0.137. The Kier molecular flexibility index (Phi) is 4.99. The van der Waals surface area contributed by atoms with Gasteiger partial charge in [-0.05, 0) is 28.8 Å². The van der Waals surface area contributed by atoms with E-state index in [1.165, 1.54) is 0 Å². The molecule has 1 amide bonds. The van der Waals surface area contributed by atoms with Gasteiger partial charge in [0.15, 0.2) is 0 Å². The smallest absolute Gasteiger partial charge is 0.303 e. The predicted octanol–water partition coefficient (Wildman–Crippen LogP) is 2.38. The molecule has 0 atom stereocenters. The molecule has 0 bridgehead atoms. The van der Waals surface area contributed by atoms with Crippen LogP contribution in [-0.2, 0) is 9.59 Å². The van der Waals surface area contributed by atoms with Gasteiger partial charge in [-0.15, -0.1) is 0 Å². The largest absolute Gasteiger partial charge is 0.481 e. The molecule has 1 aliphatic rings. The topological polar surface area (TPSA) is 98.1 Å². The molecule has 0 aromatic rings. The number of carboxylic acids is 1. The molecule has 0 fully saturated rings. The Bertz CT molecular complexity index is 357. The average molecular weight is 328 g/mol. The van der Waals surface area contributed by atoms with Gasteiger partial charge in [-0.2, -0.15) is 0 Å². The maximum absolute atomic E-state index is 11.5. The summed E-state index contributed by atoms with van der Waals surface area (Å²) in [7, 11) is -3.13. The Balaban J connectivity index is 2.33. The first-order valence-corrected chi connectivity index (χ1v) is 7.40. The van der Waals surface area contributed by atoms with Gasteiger partial charge in [-0.25, -0.2) is 4.31 Å². The van der Waals surface area contributed by atoms with E-state index in [0.717, 1.165) is 9.71 Å². The molecule has 0 aromatic carbocycles. The third-order valence-electron chi connectivity index (χ3n) is 2.27. The van der Waals surface area contributed by atoms with Gasteiger partial charge in [-0.3, -0.25) is 18.7 Å². The minimum Gasteiger partial charge on any atom is -0.481 e. The maximum atomic E-state index is 11.5. The van der Waals surface area contributed by atoms with Crippen molar-refractivity contribution >= 4 is 38.6 Å². The summed E-state index contributed by atoms with van der Waals surface area (Å²) in [6.45, 7) is 0.215. The summed E-state index contributed by atoms with van der Waals surface area (Å²) in [5.41, 5.74) is 0. The number of halogens is 1. The van der Waals surface area contributed by atoms with E-state index in [2.05, 4.69) is 15.9 Å². The standard InChI is InChI=1S/C9H14BrNO5S/c10-7-6-17(15,16)11(9(7)14)5-3-1-2-4-8(12)13/h6,15-16H,1-5H2,(H,12,13). The molecule has 0 aromatic heterocycles. The van der Waals surface area contributed by atoms with Gasteiger partial charge in [0.2, 0.25) is 0 Å². The summed E-state index contributed by atoms with van der Waals surface area (Å²) >= 11 is 2.95. The first-order valence-electron chi connectivity index (χ1n) is 5.04.